The molecule has 2 aromatic rings. The normalized spacial score (nSPS) is 10.3. The third-order valence-electron chi connectivity index (χ3n) is 2.60. The fourth-order valence-corrected chi connectivity index (χ4v) is 1.97. The molecule has 20 heavy (non-hydrogen) atoms. The van der Waals surface area contributed by atoms with Gasteiger partial charge in [0.15, 0.2) is 17.3 Å². The molecule has 0 fully saturated rings. The van der Waals surface area contributed by atoms with Crippen molar-refractivity contribution in [3.05, 3.63) is 64.1 Å². The standard InChI is InChI=1S/C15H11BrF2O2/c16-11-3-6-14(18)15(8-11)20-9-13(19)7-10-1-4-12(17)5-2-10/h1-6,8H,7,9H2. The van der Waals surface area contributed by atoms with Crippen molar-refractivity contribution >= 4 is 21.7 Å². The first kappa shape index (κ1) is 14.7. The summed E-state index contributed by atoms with van der Waals surface area (Å²) in [5.41, 5.74) is 0.690. The maximum Gasteiger partial charge on any atom is 0.174 e. The lowest BCUT2D eigenvalue weighted by atomic mass is 10.1. The van der Waals surface area contributed by atoms with Crippen molar-refractivity contribution in [2.45, 2.75) is 6.42 Å². The summed E-state index contributed by atoms with van der Waals surface area (Å²) >= 11 is 3.20. The summed E-state index contributed by atoms with van der Waals surface area (Å²) < 4.78 is 31.9. The van der Waals surface area contributed by atoms with E-state index in [4.69, 9.17) is 4.74 Å². The Morgan fingerprint density at radius 3 is 2.50 bits per heavy atom. The summed E-state index contributed by atoms with van der Waals surface area (Å²) in [5, 5.41) is 0. The van der Waals surface area contributed by atoms with E-state index in [1.54, 1.807) is 6.07 Å². The molecule has 0 heterocycles. The van der Waals surface area contributed by atoms with Gasteiger partial charge in [0.05, 0.1) is 0 Å². The van der Waals surface area contributed by atoms with Gasteiger partial charge in [-0.3, -0.25) is 4.79 Å². The Morgan fingerprint density at radius 2 is 1.80 bits per heavy atom. The zero-order valence-corrected chi connectivity index (χ0v) is 12.0. The van der Waals surface area contributed by atoms with Crippen molar-refractivity contribution in [3.63, 3.8) is 0 Å². The topological polar surface area (TPSA) is 26.3 Å². The Kier molecular flexibility index (Phi) is 4.84. The van der Waals surface area contributed by atoms with Crippen LogP contribution in [0, 0.1) is 11.6 Å². The molecule has 0 aliphatic carbocycles. The predicted octanol–water partition coefficient (Wildman–Crippen LogP) is 3.92. The van der Waals surface area contributed by atoms with Crippen molar-refractivity contribution in [1.29, 1.82) is 0 Å². The minimum absolute atomic E-state index is 0.0202. The van der Waals surface area contributed by atoms with E-state index in [2.05, 4.69) is 15.9 Å². The molecule has 0 aromatic heterocycles. The van der Waals surface area contributed by atoms with Crippen LogP contribution >= 0.6 is 15.9 Å². The second-order valence-electron chi connectivity index (χ2n) is 4.21. The molecule has 0 unspecified atom stereocenters. The second kappa shape index (κ2) is 6.61. The monoisotopic (exact) mass is 340 g/mol. The molecule has 0 aliphatic rings. The number of ether oxygens (including phenoxy) is 1. The van der Waals surface area contributed by atoms with Gasteiger partial charge in [0.1, 0.15) is 12.4 Å². The SMILES string of the molecule is O=C(COc1cc(Br)ccc1F)Cc1ccc(F)cc1. The van der Waals surface area contributed by atoms with Crippen LogP contribution in [0.15, 0.2) is 46.9 Å². The number of halogens is 3. The number of benzene rings is 2. The third kappa shape index (κ3) is 4.13. The van der Waals surface area contributed by atoms with E-state index in [1.165, 1.54) is 36.4 Å². The zero-order chi connectivity index (χ0) is 14.5. The maximum absolute atomic E-state index is 13.4. The molecule has 0 saturated heterocycles. The molecule has 0 amide bonds. The Hall–Kier alpha value is -1.75. The van der Waals surface area contributed by atoms with Crippen LogP contribution in [0.5, 0.6) is 5.75 Å². The quantitative estimate of drug-likeness (QED) is 0.824. The van der Waals surface area contributed by atoms with Gasteiger partial charge in [-0.05, 0) is 35.9 Å². The number of hydrogen-bond donors (Lipinski definition) is 0. The van der Waals surface area contributed by atoms with Crippen LogP contribution in [0.4, 0.5) is 8.78 Å². The Morgan fingerprint density at radius 1 is 1.10 bits per heavy atom. The van der Waals surface area contributed by atoms with Gasteiger partial charge in [0.25, 0.3) is 0 Å². The van der Waals surface area contributed by atoms with Crippen LogP contribution < -0.4 is 4.74 Å². The molecular formula is C15H11BrF2O2. The molecule has 0 saturated carbocycles. The van der Waals surface area contributed by atoms with Crippen LogP contribution in [0.3, 0.4) is 0 Å². The molecule has 0 bridgehead atoms. The van der Waals surface area contributed by atoms with Gasteiger partial charge in [-0.2, -0.15) is 0 Å². The first-order valence-electron chi connectivity index (χ1n) is 5.88. The van der Waals surface area contributed by atoms with Crippen LogP contribution in [0.2, 0.25) is 0 Å². The van der Waals surface area contributed by atoms with Gasteiger partial charge in [-0.25, -0.2) is 8.78 Å². The summed E-state index contributed by atoms with van der Waals surface area (Å²) in [6.45, 7) is -0.231. The number of rotatable bonds is 5. The summed E-state index contributed by atoms with van der Waals surface area (Å²) in [7, 11) is 0. The Labute approximate surface area is 123 Å². The van der Waals surface area contributed by atoms with Crippen molar-refractivity contribution in [2.75, 3.05) is 6.61 Å². The number of hydrogen-bond acceptors (Lipinski definition) is 2. The Bertz CT molecular complexity index is 612. The van der Waals surface area contributed by atoms with Gasteiger partial charge in [0, 0.05) is 10.9 Å². The molecule has 0 atom stereocenters. The van der Waals surface area contributed by atoms with Gasteiger partial charge in [0.2, 0.25) is 0 Å². The highest BCUT2D eigenvalue weighted by molar-refractivity contribution is 9.10. The van der Waals surface area contributed by atoms with Crippen molar-refractivity contribution in [1.82, 2.24) is 0 Å². The third-order valence-corrected chi connectivity index (χ3v) is 3.09. The van der Waals surface area contributed by atoms with Crippen molar-refractivity contribution in [3.8, 4) is 5.75 Å². The molecule has 0 radical (unpaired) electrons. The number of ketones is 1. The number of carbonyl (C=O) groups excluding carboxylic acids is 1. The minimum Gasteiger partial charge on any atom is -0.483 e. The molecule has 0 N–H and O–H groups in total. The van der Waals surface area contributed by atoms with E-state index < -0.39 is 5.82 Å². The maximum atomic E-state index is 13.4. The largest absolute Gasteiger partial charge is 0.483 e. The Balaban J connectivity index is 1.92. The fourth-order valence-electron chi connectivity index (χ4n) is 1.63. The highest BCUT2D eigenvalue weighted by atomic mass is 79.9. The van der Waals surface area contributed by atoms with E-state index >= 15 is 0 Å². The molecule has 2 rings (SSSR count). The van der Waals surface area contributed by atoms with E-state index in [9.17, 15) is 13.6 Å². The summed E-state index contributed by atoms with van der Waals surface area (Å²) in [6, 6.07) is 9.90. The van der Waals surface area contributed by atoms with Crippen LogP contribution in [0.1, 0.15) is 5.56 Å². The molecular weight excluding hydrogens is 330 g/mol. The minimum atomic E-state index is -0.525. The van der Waals surface area contributed by atoms with Crippen LogP contribution in [-0.4, -0.2) is 12.4 Å². The van der Waals surface area contributed by atoms with E-state index in [0.717, 1.165) is 0 Å². The number of carbonyl (C=O) groups is 1. The molecule has 5 heteroatoms. The van der Waals surface area contributed by atoms with E-state index in [0.29, 0.717) is 10.0 Å². The van der Waals surface area contributed by atoms with Crippen molar-refractivity contribution in [2.24, 2.45) is 0 Å². The average Bonchev–Trinajstić information content (AvgIpc) is 2.42. The van der Waals surface area contributed by atoms with E-state index in [1.807, 2.05) is 0 Å². The van der Waals surface area contributed by atoms with Gasteiger partial charge >= 0.3 is 0 Å². The first-order valence-corrected chi connectivity index (χ1v) is 6.68. The van der Waals surface area contributed by atoms with Crippen molar-refractivity contribution < 1.29 is 18.3 Å². The highest BCUT2D eigenvalue weighted by Crippen LogP contribution is 2.22. The molecule has 2 aromatic carbocycles. The average molecular weight is 341 g/mol. The van der Waals surface area contributed by atoms with Crippen LogP contribution in [-0.2, 0) is 11.2 Å². The summed E-state index contributed by atoms with van der Waals surface area (Å²) in [5.74, 6) is -1.07. The first-order chi connectivity index (χ1) is 9.54. The fraction of sp³-hybridized carbons (Fsp3) is 0.133. The highest BCUT2D eigenvalue weighted by Gasteiger charge is 2.08. The summed E-state index contributed by atoms with van der Waals surface area (Å²) in [6.07, 6.45) is 0.121. The summed E-state index contributed by atoms with van der Waals surface area (Å²) in [4.78, 5) is 11.7. The lowest BCUT2D eigenvalue weighted by molar-refractivity contribution is -0.120. The van der Waals surface area contributed by atoms with E-state index in [-0.39, 0.29) is 30.4 Å². The van der Waals surface area contributed by atoms with Gasteiger partial charge < -0.3 is 4.74 Å². The second-order valence-corrected chi connectivity index (χ2v) is 5.12. The number of Topliss-reactive ketones (excluding diaryl/α,β-unsaturated/α-hetero) is 1. The van der Waals surface area contributed by atoms with Gasteiger partial charge in [-0.15, -0.1) is 0 Å². The lowest BCUT2D eigenvalue weighted by Crippen LogP contribution is -2.14. The van der Waals surface area contributed by atoms with Crippen LogP contribution in [0.25, 0.3) is 0 Å². The smallest absolute Gasteiger partial charge is 0.174 e. The van der Waals surface area contributed by atoms with Gasteiger partial charge in [-0.1, -0.05) is 28.1 Å². The molecule has 104 valence electrons. The molecule has 0 aliphatic heterocycles. The lowest BCUT2D eigenvalue weighted by Gasteiger charge is -2.07. The zero-order valence-electron chi connectivity index (χ0n) is 10.4. The molecule has 2 nitrogen and oxygen atoms in total. The predicted molar refractivity (Wildman–Crippen MR) is 74.7 cm³/mol. The molecule has 0 spiro atoms.